The average Bonchev–Trinajstić information content (AvgIpc) is 2.39. The van der Waals surface area contributed by atoms with E-state index in [1.165, 1.54) is 18.2 Å². The van der Waals surface area contributed by atoms with Gasteiger partial charge in [-0.05, 0) is 48.4 Å². The summed E-state index contributed by atoms with van der Waals surface area (Å²) in [5, 5.41) is 0. The maximum absolute atomic E-state index is 13.1. The minimum absolute atomic E-state index is 0.0302. The molecule has 21 heavy (non-hydrogen) atoms. The minimum Gasteiger partial charge on any atom is -0.399 e. The lowest BCUT2D eigenvalue weighted by Crippen LogP contribution is -2.23. The number of nitrogens with two attached hydrogens (primary N) is 1. The van der Waals surface area contributed by atoms with Gasteiger partial charge in [0.15, 0.2) is 11.6 Å². The van der Waals surface area contributed by atoms with E-state index in [-0.39, 0.29) is 11.4 Å². The predicted octanol–water partition coefficient (Wildman–Crippen LogP) is 2.33. The molecule has 0 saturated carbocycles. The molecule has 0 bridgehead atoms. The van der Waals surface area contributed by atoms with Gasteiger partial charge in [0.25, 0.3) is 0 Å². The van der Waals surface area contributed by atoms with Crippen molar-refractivity contribution in [2.45, 2.75) is 18.4 Å². The largest absolute Gasteiger partial charge is 0.399 e. The summed E-state index contributed by atoms with van der Waals surface area (Å²) < 4.78 is 52.4. The van der Waals surface area contributed by atoms with Crippen molar-refractivity contribution in [3.8, 4) is 0 Å². The second kappa shape index (κ2) is 5.79. The number of rotatable bonds is 4. The fourth-order valence-corrected chi connectivity index (χ4v) is 3.00. The first-order valence-corrected chi connectivity index (χ1v) is 7.57. The summed E-state index contributed by atoms with van der Waals surface area (Å²) in [7, 11) is -3.77. The van der Waals surface area contributed by atoms with Gasteiger partial charge in [0.05, 0.1) is 4.90 Å². The number of sulfonamides is 1. The van der Waals surface area contributed by atoms with Crippen LogP contribution >= 0.6 is 0 Å². The highest BCUT2D eigenvalue weighted by molar-refractivity contribution is 7.89. The third kappa shape index (κ3) is 3.77. The van der Waals surface area contributed by atoms with Crippen molar-refractivity contribution in [3.05, 3.63) is 59.2 Å². The monoisotopic (exact) mass is 312 g/mol. The lowest BCUT2D eigenvalue weighted by Gasteiger charge is -2.09. The standard InChI is InChI=1S/C14H14F2N2O2S/c1-9-4-11(17)7-12(5-9)21(19,20)18-8-10-2-3-13(15)14(16)6-10/h2-7,18H,8,17H2,1H3. The molecule has 2 rings (SSSR count). The van der Waals surface area contributed by atoms with Crippen LogP contribution in [0, 0.1) is 18.6 Å². The number of anilines is 1. The van der Waals surface area contributed by atoms with Crippen molar-refractivity contribution in [1.29, 1.82) is 0 Å². The van der Waals surface area contributed by atoms with Crippen molar-refractivity contribution in [2.75, 3.05) is 5.73 Å². The number of hydrogen-bond acceptors (Lipinski definition) is 3. The van der Waals surface area contributed by atoms with E-state index in [0.717, 1.165) is 12.1 Å². The summed E-state index contributed by atoms with van der Waals surface area (Å²) in [5.74, 6) is -2.00. The Morgan fingerprint density at radius 1 is 1.10 bits per heavy atom. The number of aryl methyl sites for hydroxylation is 1. The fourth-order valence-electron chi connectivity index (χ4n) is 1.84. The van der Waals surface area contributed by atoms with Gasteiger partial charge in [0.1, 0.15) is 0 Å². The summed E-state index contributed by atoms with van der Waals surface area (Å²) in [6.07, 6.45) is 0. The summed E-state index contributed by atoms with van der Waals surface area (Å²) in [5.41, 5.74) is 6.98. The van der Waals surface area contributed by atoms with E-state index in [4.69, 9.17) is 5.73 Å². The molecule has 2 aromatic carbocycles. The van der Waals surface area contributed by atoms with Crippen molar-refractivity contribution in [1.82, 2.24) is 4.72 Å². The third-order valence-corrected chi connectivity index (χ3v) is 4.21. The van der Waals surface area contributed by atoms with Crippen LogP contribution in [0.1, 0.15) is 11.1 Å². The zero-order valence-electron chi connectivity index (χ0n) is 11.2. The van der Waals surface area contributed by atoms with E-state index in [1.54, 1.807) is 13.0 Å². The van der Waals surface area contributed by atoms with Crippen LogP contribution in [-0.4, -0.2) is 8.42 Å². The van der Waals surface area contributed by atoms with Crippen LogP contribution < -0.4 is 10.5 Å². The number of halogens is 2. The molecule has 0 aromatic heterocycles. The van der Waals surface area contributed by atoms with Gasteiger partial charge in [0.2, 0.25) is 10.0 Å². The summed E-state index contributed by atoms with van der Waals surface area (Å²) in [4.78, 5) is 0.0302. The van der Waals surface area contributed by atoms with Gasteiger partial charge in [-0.1, -0.05) is 6.07 Å². The molecule has 0 spiro atoms. The highest BCUT2D eigenvalue weighted by Gasteiger charge is 2.15. The molecule has 7 heteroatoms. The summed E-state index contributed by atoms with van der Waals surface area (Å²) >= 11 is 0. The van der Waals surface area contributed by atoms with Crippen LogP contribution in [0.2, 0.25) is 0 Å². The number of nitrogen functional groups attached to an aromatic ring is 1. The van der Waals surface area contributed by atoms with E-state index in [1.807, 2.05) is 0 Å². The van der Waals surface area contributed by atoms with E-state index in [2.05, 4.69) is 4.72 Å². The molecule has 0 atom stereocenters. The minimum atomic E-state index is -3.77. The van der Waals surface area contributed by atoms with E-state index >= 15 is 0 Å². The van der Waals surface area contributed by atoms with Gasteiger partial charge in [-0.3, -0.25) is 0 Å². The first kappa shape index (κ1) is 15.4. The molecule has 0 radical (unpaired) electrons. The molecule has 0 aliphatic heterocycles. The van der Waals surface area contributed by atoms with Crippen LogP contribution in [0.25, 0.3) is 0 Å². The molecule has 3 N–H and O–H groups in total. The highest BCUT2D eigenvalue weighted by Crippen LogP contribution is 2.17. The number of nitrogens with one attached hydrogen (secondary N) is 1. The quantitative estimate of drug-likeness (QED) is 0.851. The van der Waals surface area contributed by atoms with Crippen molar-refractivity contribution >= 4 is 15.7 Å². The molecule has 4 nitrogen and oxygen atoms in total. The van der Waals surface area contributed by atoms with Crippen LogP contribution in [0.4, 0.5) is 14.5 Å². The van der Waals surface area contributed by atoms with E-state index < -0.39 is 21.7 Å². The molecular weight excluding hydrogens is 298 g/mol. The highest BCUT2D eigenvalue weighted by atomic mass is 32.2. The molecule has 0 unspecified atom stereocenters. The zero-order valence-corrected chi connectivity index (χ0v) is 12.0. The molecule has 0 saturated heterocycles. The van der Waals surface area contributed by atoms with Crippen molar-refractivity contribution in [3.63, 3.8) is 0 Å². The Morgan fingerprint density at radius 3 is 2.43 bits per heavy atom. The van der Waals surface area contributed by atoms with Crippen LogP contribution in [-0.2, 0) is 16.6 Å². The second-order valence-corrected chi connectivity index (χ2v) is 6.42. The van der Waals surface area contributed by atoms with Gasteiger partial charge >= 0.3 is 0 Å². The zero-order chi connectivity index (χ0) is 15.6. The average molecular weight is 312 g/mol. The Labute approximate surface area is 121 Å². The van der Waals surface area contributed by atoms with E-state index in [0.29, 0.717) is 16.8 Å². The van der Waals surface area contributed by atoms with Crippen LogP contribution in [0.15, 0.2) is 41.3 Å². The van der Waals surface area contributed by atoms with Gasteiger partial charge in [0, 0.05) is 12.2 Å². The number of hydrogen-bond donors (Lipinski definition) is 2. The van der Waals surface area contributed by atoms with Crippen LogP contribution in [0.3, 0.4) is 0 Å². The third-order valence-electron chi connectivity index (χ3n) is 2.83. The Balaban J connectivity index is 2.19. The first-order valence-electron chi connectivity index (χ1n) is 6.09. The molecule has 0 heterocycles. The Hall–Kier alpha value is -1.99. The molecule has 0 aliphatic carbocycles. The molecule has 112 valence electrons. The maximum atomic E-state index is 13.1. The lowest BCUT2D eigenvalue weighted by molar-refractivity contribution is 0.506. The van der Waals surface area contributed by atoms with Crippen molar-refractivity contribution < 1.29 is 17.2 Å². The molecule has 0 fully saturated rings. The predicted molar refractivity (Wildman–Crippen MR) is 76.0 cm³/mol. The lowest BCUT2D eigenvalue weighted by atomic mass is 10.2. The molecule has 0 amide bonds. The number of benzene rings is 2. The topological polar surface area (TPSA) is 72.2 Å². The van der Waals surface area contributed by atoms with Gasteiger partial charge in [-0.25, -0.2) is 21.9 Å². The van der Waals surface area contributed by atoms with Gasteiger partial charge in [-0.15, -0.1) is 0 Å². The van der Waals surface area contributed by atoms with Crippen LogP contribution in [0.5, 0.6) is 0 Å². The normalized spacial score (nSPS) is 11.6. The molecular formula is C14H14F2N2O2S. The Kier molecular flexibility index (Phi) is 4.24. The van der Waals surface area contributed by atoms with E-state index in [9.17, 15) is 17.2 Å². The fraction of sp³-hybridized carbons (Fsp3) is 0.143. The SMILES string of the molecule is Cc1cc(N)cc(S(=O)(=O)NCc2ccc(F)c(F)c2)c1. The first-order chi connectivity index (χ1) is 9.78. The van der Waals surface area contributed by atoms with Gasteiger partial charge in [-0.2, -0.15) is 0 Å². The molecule has 0 aliphatic rings. The Bertz CT molecular complexity index is 756. The Morgan fingerprint density at radius 2 is 1.81 bits per heavy atom. The van der Waals surface area contributed by atoms with Gasteiger partial charge < -0.3 is 5.73 Å². The summed E-state index contributed by atoms with van der Waals surface area (Å²) in [6.45, 7) is 1.58. The smallest absolute Gasteiger partial charge is 0.240 e. The summed E-state index contributed by atoms with van der Waals surface area (Å²) in [6, 6.07) is 7.66. The van der Waals surface area contributed by atoms with Crippen molar-refractivity contribution in [2.24, 2.45) is 0 Å². The molecule has 2 aromatic rings. The second-order valence-electron chi connectivity index (χ2n) is 4.65. The maximum Gasteiger partial charge on any atom is 0.240 e.